The van der Waals surface area contributed by atoms with Crippen LogP contribution in [-0.2, 0) is 13.6 Å². The third-order valence-electron chi connectivity index (χ3n) is 4.60. The molecule has 0 saturated heterocycles. The van der Waals surface area contributed by atoms with Gasteiger partial charge in [0.2, 0.25) is 5.78 Å². The summed E-state index contributed by atoms with van der Waals surface area (Å²) in [6.07, 6.45) is 7.52. The fraction of sp³-hybridized carbons (Fsp3) is 0.318. The largest absolute Gasteiger partial charge is 0.490 e. The molecule has 1 aliphatic heterocycles. The fourth-order valence-electron chi connectivity index (χ4n) is 3.24. The van der Waals surface area contributed by atoms with E-state index in [-0.39, 0.29) is 23.7 Å². The summed E-state index contributed by atoms with van der Waals surface area (Å²) in [4.78, 5) is 37.9. The van der Waals surface area contributed by atoms with Crippen molar-refractivity contribution in [2.75, 3.05) is 18.5 Å². The predicted octanol–water partition coefficient (Wildman–Crippen LogP) is 2.02. The molecule has 0 aliphatic carbocycles. The number of carbonyl (C=O) groups excluding carboxylic acids is 1. The molecule has 156 valence electrons. The highest BCUT2D eigenvalue weighted by molar-refractivity contribution is 6.19. The zero-order valence-electron chi connectivity index (χ0n) is 17.2. The average Bonchev–Trinajstić information content (AvgIpc) is 3.05. The Morgan fingerprint density at radius 2 is 1.93 bits per heavy atom. The molecule has 8 heteroatoms. The Hall–Kier alpha value is -3.73. The van der Waals surface area contributed by atoms with Crippen LogP contribution in [-0.4, -0.2) is 28.1 Å². The minimum absolute atomic E-state index is 0.0317. The van der Waals surface area contributed by atoms with Crippen LogP contribution in [0, 0.1) is 12.3 Å². The lowest BCUT2D eigenvalue weighted by Gasteiger charge is -2.12. The Labute approximate surface area is 173 Å². The molecule has 0 saturated carbocycles. The molecule has 0 unspecified atom stereocenters. The van der Waals surface area contributed by atoms with Crippen LogP contribution in [0.1, 0.15) is 36.2 Å². The summed E-state index contributed by atoms with van der Waals surface area (Å²) in [7, 11) is 1.37. The highest BCUT2D eigenvalue weighted by atomic mass is 16.5. The van der Waals surface area contributed by atoms with E-state index < -0.39 is 17.0 Å². The van der Waals surface area contributed by atoms with Gasteiger partial charge in [-0.05, 0) is 37.1 Å². The van der Waals surface area contributed by atoms with Gasteiger partial charge in [-0.15, -0.1) is 6.42 Å². The lowest BCUT2D eigenvalue weighted by molar-refractivity contribution is 0.104. The van der Waals surface area contributed by atoms with Gasteiger partial charge in [-0.25, -0.2) is 4.79 Å². The number of fused-ring (bicyclic) bond motifs is 1. The van der Waals surface area contributed by atoms with Crippen molar-refractivity contribution in [2.24, 2.45) is 7.05 Å². The summed E-state index contributed by atoms with van der Waals surface area (Å²) in [6.45, 7) is 4.68. The number of anilines is 1. The van der Waals surface area contributed by atoms with Crippen LogP contribution in [0.5, 0.6) is 11.5 Å². The van der Waals surface area contributed by atoms with Gasteiger partial charge in [0.25, 0.3) is 5.56 Å². The molecule has 0 fully saturated rings. The molecule has 0 spiro atoms. The number of Topliss-reactive ketones (excluding diaryl/α,β-unsaturated/α-hetero) is 1. The van der Waals surface area contributed by atoms with Gasteiger partial charge >= 0.3 is 5.69 Å². The number of hydrogen-bond donors (Lipinski definition) is 1. The first kappa shape index (κ1) is 21.0. The van der Waals surface area contributed by atoms with E-state index in [1.165, 1.54) is 11.6 Å². The normalized spacial score (nSPS) is 13.7. The van der Waals surface area contributed by atoms with Crippen LogP contribution in [0.25, 0.3) is 6.08 Å². The van der Waals surface area contributed by atoms with E-state index in [4.69, 9.17) is 15.9 Å². The average molecular weight is 409 g/mol. The minimum atomic E-state index is -0.615. The Bertz CT molecular complexity index is 1180. The molecule has 1 aromatic carbocycles. The van der Waals surface area contributed by atoms with Gasteiger partial charge in [-0.2, -0.15) is 0 Å². The molecule has 8 nitrogen and oxygen atoms in total. The Kier molecular flexibility index (Phi) is 6.11. The zero-order chi connectivity index (χ0) is 21.8. The van der Waals surface area contributed by atoms with E-state index >= 15 is 0 Å². The minimum Gasteiger partial charge on any atom is -0.490 e. The summed E-state index contributed by atoms with van der Waals surface area (Å²) >= 11 is 0. The summed E-state index contributed by atoms with van der Waals surface area (Å²) in [6, 6.07) is 5.17. The maximum absolute atomic E-state index is 12.9. The van der Waals surface area contributed by atoms with Gasteiger partial charge in [0.15, 0.2) is 11.5 Å². The predicted molar refractivity (Wildman–Crippen MR) is 114 cm³/mol. The van der Waals surface area contributed by atoms with E-state index in [1.807, 2.05) is 13.8 Å². The molecule has 1 aromatic heterocycles. The van der Waals surface area contributed by atoms with E-state index in [0.29, 0.717) is 36.6 Å². The maximum Gasteiger partial charge on any atom is 0.332 e. The van der Waals surface area contributed by atoms with Gasteiger partial charge in [0.1, 0.15) is 18.0 Å². The van der Waals surface area contributed by atoms with E-state index in [1.54, 1.807) is 24.3 Å². The molecule has 0 amide bonds. The molecule has 1 aliphatic rings. The maximum atomic E-state index is 12.9. The van der Waals surface area contributed by atoms with E-state index in [2.05, 4.69) is 11.2 Å². The van der Waals surface area contributed by atoms with Gasteiger partial charge in [0.05, 0.1) is 12.3 Å². The van der Waals surface area contributed by atoms with Crippen molar-refractivity contribution < 1.29 is 14.3 Å². The third kappa shape index (κ3) is 3.74. The number of nitrogens with one attached hydrogen (secondary N) is 1. The second-order valence-electron chi connectivity index (χ2n) is 6.67. The summed E-state index contributed by atoms with van der Waals surface area (Å²) < 4.78 is 13.5. The van der Waals surface area contributed by atoms with Crippen molar-refractivity contribution >= 4 is 17.7 Å². The van der Waals surface area contributed by atoms with Crippen molar-refractivity contribution in [3.63, 3.8) is 0 Å². The zero-order valence-corrected chi connectivity index (χ0v) is 17.2. The van der Waals surface area contributed by atoms with Crippen LogP contribution in [0.15, 0.2) is 33.5 Å². The van der Waals surface area contributed by atoms with Crippen molar-refractivity contribution in [2.45, 2.75) is 26.8 Å². The number of rotatable bonds is 7. The lowest BCUT2D eigenvalue weighted by atomic mass is 10.1. The van der Waals surface area contributed by atoms with Gasteiger partial charge in [-0.1, -0.05) is 18.9 Å². The molecule has 3 rings (SSSR count). The number of hydrogen-bond acceptors (Lipinski definition) is 6. The SMILES string of the molecule is C#CCOc1ccc(/C=C2\Nc3c(c(=O)n(C)c(=O)n3CCC)C2=O)cc1OCC. The molecule has 2 aromatic rings. The van der Waals surface area contributed by atoms with Crippen molar-refractivity contribution in [3.8, 4) is 23.8 Å². The molecule has 1 N–H and O–H groups in total. The number of ether oxygens (including phenoxy) is 2. The number of carbonyl (C=O) groups is 1. The van der Waals surface area contributed by atoms with Crippen molar-refractivity contribution in [3.05, 3.63) is 55.9 Å². The third-order valence-corrected chi connectivity index (χ3v) is 4.60. The summed E-state index contributed by atoms with van der Waals surface area (Å²) in [5, 5.41) is 2.96. The number of nitrogens with zero attached hydrogens (tertiary/aromatic N) is 2. The standard InChI is InChI=1S/C22H23N3O5/c1-5-10-25-20-18(21(27)24(4)22(25)28)19(26)15(23-20)12-14-8-9-16(30-11-6-2)17(13-14)29-7-3/h2,8-9,12-13,23H,5,7,10-11H2,1,3-4H3/b15-12-. The Morgan fingerprint density at radius 3 is 2.60 bits per heavy atom. The van der Waals surface area contributed by atoms with E-state index in [9.17, 15) is 14.4 Å². The molecule has 2 heterocycles. The topological polar surface area (TPSA) is 91.6 Å². The highest BCUT2D eigenvalue weighted by Gasteiger charge is 2.32. The second kappa shape index (κ2) is 8.74. The summed E-state index contributed by atoms with van der Waals surface area (Å²) in [5.74, 6) is 3.17. The number of aromatic nitrogens is 2. The first-order valence-electron chi connectivity index (χ1n) is 9.63. The molecule has 0 atom stereocenters. The second-order valence-corrected chi connectivity index (χ2v) is 6.67. The lowest BCUT2D eigenvalue weighted by Crippen LogP contribution is -2.40. The number of benzene rings is 1. The Morgan fingerprint density at radius 1 is 1.17 bits per heavy atom. The van der Waals surface area contributed by atoms with Gasteiger partial charge < -0.3 is 14.8 Å². The Balaban J connectivity index is 2.04. The van der Waals surface area contributed by atoms with Gasteiger partial charge in [0, 0.05) is 13.6 Å². The van der Waals surface area contributed by atoms with Crippen LogP contribution in [0.2, 0.25) is 0 Å². The number of ketones is 1. The molecular formula is C22H23N3O5. The summed E-state index contributed by atoms with van der Waals surface area (Å²) in [5.41, 5.74) is -0.239. The van der Waals surface area contributed by atoms with Crippen molar-refractivity contribution in [1.82, 2.24) is 9.13 Å². The van der Waals surface area contributed by atoms with E-state index in [0.717, 1.165) is 4.57 Å². The molecule has 0 bridgehead atoms. The van der Waals surface area contributed by atoms with Crippen LogP contribution in [0.4, 0.5) is 5.82 Å². The van der Waals surface area contributed by atoms with Crippen LogP contribution < -0.4 is 26.0 Å². The number of allylic oxidation sites excluding steroid dienone is 1. The van der Waals surface area contributed by atoms with Crippen LogP contribution >= 0.6 is 0 Å². The first-order chi connectivity index (χ1) is 14.4. The molecular weight excluding hydrogens is 386 g/mol. The highest BCUT2D eigenvalue weighted by Crippen LogP contribution is 2.31. The molecule has 0 radical (unpaired) electrons. The van der Waals surface area contributed by atoms with Crippen molar-refractivity contribution in [1.29, 1.82) is 0 Å². The molecule has 30 heavy (non-hydrogen) atoms. The first-order valence-corrected chi connectivity index (χ1v) is 9.63. The van der Waals surface area contributed by atoms with Gasteiger partial charge in [-0.3, -0.25) is 18.7 Å². The quantitative estimate of drug-likeness (QED) is 0.556. The van der Waals surface area contributed by atoms with Crippen LogP contribution in [0.3, 0.4) is 0 Å². The number of terminal acetylenes is 1. The smallest absolute Gasteiger partial charge is 0.332 e. The monoisotopic (exact) mass is 409 g/mol. The fourth-order valence-corrected chi connectivity index (χ4v) is 3.24.